The van der Waals surface area contributed by atoms with Crippen molar-refractivity contribution in [3.8, 4) is 0 Å². The Morgan fingerprint density at radius 3 is 2.29 bits per heavy atom. The number of halogens is 2. The average molecular weight is 383 g/mol. The van der Waals surface area contributed by atoms with Crippen LogP contribution in [0.3, 0.4) is 0 Å². The fraction of sp³-hybridized carbons (Fsp3) is 0.150. The molecule has 1 aromatic heterocycles. The van der Waals surface area contributed by atoms with Gasteiger partial charge < -0.3 is 16.0 Å². The fourth-order valence-corrected chi connectivity index (χ4v) is 2.53. The first kappa shape index (κ1) is 19.2. The molecule has 8 heteroatoms. The van der Waals surface area contributed by atoms with Gasteiger partial charge in [0.2, 0.25) is 0 Å². The number of nitrogens with one attached hydrogen (secondary N) is 3. The van der Waals surface area contributed by atoms with Crippen molar-refractivity contribution in [2.24, 2.45) is 0 Å². The minimum absolute atomic E-state index is 0.0357. The molecule has 0 atom stereocenters. The number of hydrogen-bond donors (Lipinski definition) is 3. The summed E-state index contributed by atoms with van der Waals surface area (Å²) in [6.45, 7) is 4.54. The van der Waals surface area contributed by atoms with Crippen molar-refractivity contribution in [2.75, 3.05) is 22.5 Å². The molecule has 6 nitrogen and oxygen atoms in total. The lowest BCUT2D eigenvalue weighted by Gasteiger charge is -2.10. The number of aryl methyl sites for hydroxylation is 1. The summed E-state index contributed by atoms with van der Waals surface area (Å²) in [5.74, 6) is -0.582. The van der Waals surface area contributed by atoms with Gasteiger partial charge in [-0.1, -0.05) is 0 Å². The Balaban J connectivity index is 1.68. The van der Waals surface area contributed by atoms with E-state index in [4.69, 9.17) is 0 Å². The lowest BCUT2D eigenvalue weighted by molar-refractivity contribution is 0.102. The third-order valence-electron chi connectivity index (χ3n) is 3.79. The molecular formula is C20H19F2N5O. The van der Waals surface area contributed by atoms with E-state index in [1.165, 1.54) is 6.07 Å². The van der Waals surface area contributed by atoms with Crippen molar-refractivity contribution in [1.82, 2.24) is 9.97 Å². The van der Waals surface area contributed by atoms with Gasteiger partial charge >= 0.3 is 0 Å². The Morgan fingerprint density at radius 1 is 0.929 bits per heavy atom. The minimum atomic E-state index is -1.07. The second kappa shape index (κ2) is 8.43. The number of hydrogen-bond acceptors (Lipinski definition) is 5. The zero-order valence-electron chi connectivity index (χ0n) is 15.4. The third-order valence-corrected chi connectivity index (χ3v) is 3.79. The van der Waals surface area contributed by atoms with Crippen LogP contribution in [0.5, 0.6) is 0 Å². The van der Waals surface area contributed by atoms with Crippen molar-refractivity contribution in [2.45, 2.75) is 13.8 Å². The molecule has 0 spiro atoms. The number of anilines is 4. The van der Waals surface area contributed by atoms with Gasteiger partial charge in [0.1, 0.15) is 17.5 Å². The molecule has 0 bridgehead atoms. The van der Waals surface area contributed by atoms with E-state index in [0.29, 0.717) is 17.3 Å². The van der Waals surface area contributed by atoms with E-state index in [1.54, 1.807) is 30.3 Å². The summed E-state index contributed by atoms with van der Waals surface area (Å²) in [4.78, 5) is 20.8. The second-order valence-corrected chi connectivity index (χ2v) is 6.00. The van der Waals surface area contributed by atoms with Crippen LogP contribution in [-0.4, -0.2) is 22.4 Å². The normalized spacial score (nSPS) is 10.4. The number of rotatable bonds is 6. The Bertz CT molecular complexity index is 992. The minimum Gasteiger partial charge on any atom is -0.370 e. The number of carbonyl (C=O) groups is 1. The zero-order chi connectivity index (χ0) is 20.1. The molecule has 0 aliphatic carbocycles. The summed E-state index contributed by atoms with van der Waals surface area (Å²) in [5.41, 5.74) is 1.33. The first-order chi connectivity index (χ1) is 13.4. The maximum absolute atomic E-state index is 13.3. The predicted molar refractivity (Wildman–Crippen MR) is 105 cm³/mol. The molecule has 144 valence electrons. The van der Waals surface area contributed by atoms with Gasteiger partial charge in [-0.3, -0.25) is 4.79 Å². The first-order valence-electron chi connectivity index (χ1n) is 8.67. The van der Waals surface area contributed by atoms with Gasteiger partial charge in [-0.05, 0) is 56.3 Å². The van der Waals surface area contributed by atoms with Crippen molar-refractivity contribution in [3.05, 3.63) is 71.6 Å². The van der Waals surface area contributed by atoms with Crippen LogP contribution in [0, 0.1) is 18.6 Å². The van der Waals surface area contributed by atoms with Crippen molar-refractivity contribution in [1.29, 1.82) is 0 Å². The van der Waals surface area contributed by atoms with Crippen LogP contribution in [0.25, 0.3) is 0 Å². The molecule has 0 radical (unpaired) electrons. The molecule has 2 aromatic carbocycles. The smallest absolute Gasteiger partial charge is 0.255 e. The van der Waals surface area contributed by atoms with Crippen LogP contribution in [0.1, 0.15) is 23.1 Å². The molecule has 3 aromatic rings. The highest BCUT2D eigenvalue weighted by Crippen LogP contribution is 2.20. The highest BCUT2D eigenvalue weighted by atomic mass is 19.2. The molecule has 3 N–H and O–H groups in total. The molecule has 0 unspecified atom stereocenters. The van der Waals surface area contributed by atoms with Crippen LogP contribution in [0.15, 0.2) is 48.5 Å². The van der Waals surface area contributed by atoms with E-state index in [9.17, 15) is 13.6 Å². The number of aromatic nitrogens is 2. The van der Waals surface area contributed by atoms with E-state index in [-0.39, 0.29) is 5.56 Å². The number of nitrogens with zero attached hydrogens (tertiary/aromatic N) is 2. The number of amides is 1. The number of carbonyl (C=O) groups excluding carboxylic acids is 1. The SMILES string of the molecule is CCNc1cc(Nc2ccc(NC(=O)c3ccc(F)c(F)c3)cc2)nc(C)n1. The summed E-state index contributed by atoms with van der Waals surface area (Å²) in [6.07, 6.45) is 0. The van der Waals surface area contributed by atoms with E-state index in [2.05, 4.69) is 25.9 Å². The van der Waals surface area contributed by atoms with E-state index in [0.717, 1.165) is 30.2 Å². The van der Waals surface area contributed by atoms with Gasteiger partial charge in [0.25, 0.3) is 5.91 Å². The molecule has 28 heavy (non-hydrogen) atoms. The molecule has 0 aliphatic heterocycles. The van der Waals surface area contributed by atoms with Gasteiger partial charge in [0, 0.05) is 29.5 Å². The van der Waals surface area contributed by atoms with Crippen LogP contribution >= 0.6 is 0 Å². The lowest BCUT2D eigenvalue weighted by atomic mass is 10.2. The summed E-state index contributed by atoms with van der Waals surface area (Å²) in [6, 6.07) is 11.7. The Kier molecular flexibility index (Phi) is 5.78. The molecule has 0 saturated carbocycles. The van der Waals surface area contributed by atoms with Crippen molar-refractivity contribution < 1.29 is 13.6 Å². The first-order valence-corrected chi connectivity index (χ1v) is 8.67. The fourth-order valence-electron chi connectivity index (χ4n) is 2.53. The molecule has 1 heterocycles. The summed E-state index contributed by atoms with van der Waals surface area (Å²) < 4.78 is 26.2. The average Bonchev–Trinajstić information content (AvgIpc) is 2.65. The standard InChI is InChI=1S/C20H19F2N5O/c1-3-23-18-11-19(25-12(2)24-18)26-14-5-7-15(8-6-14)27-20(28)13-4-9-16(21)17(22)10-13/h4-11H,3H2,1-2H3,(H,27,28)(H2,23,24,25,26). The molecule has 3 rings (SSSR count). The van der Waals surface area contributed by atoms with Crippen LogP contribution in [0.2, 0.25) is 0 Å². The van der Waals surface area contributed by atoms with Crippen LogP contribution < -0.4 is 16.0 Å². The molecule has 0 fully saturated rings. The third kappa shape index (κ3) is 4.79. The predicted octanol–water partition coefficient (Wildman–Crippen LogP) is 4.49. The molecular weight excluding hydrogens is 364 g/mol. The van der Waals surface area contributed by atoms with Crippen LogP contribution in [-0.2, 0) is 0 Å². The Morgan fingerprint density at radius 2 is 1.61 bits per heavy atom. The topological polar surface area (TPSA) is 78.9 Å². The Labute approximate surface area is 161 Å². The summed E-state index contributed by atoms with van der Waals surface area (Å²) in [5, 5.41) is 8.95. The highest BCUT2D eigenvalue weighted by Gasteiger charge is 2.10. The highest BCUT2D eigenvalue weighted by molar-refractivity contribution is 6.04. The quantitative estimate of drug-likeness (QED) is 0.584. The van der Waals surface area contributed by atoms with Crippen molar-refractivity contribution >= 4 is 28.9 Å². The van der Waals surface area contributed by atoms with E-state index < -0.39 is 17.5 Å². The van der Waals surface area contributed by atoms with Crippen LogP contribution in [0.4, 0.5) is 31.8 Å². The van der Waals surface area contributed by atoms with Gasteiger partial charge in [-0.25, -0.2) is 18.7 Å². The molecule has 0 aliphatic rings. The largest absolute Gasteiger partial charge is 0.370 e. The maximum atomic E-state index is 13.3. The van der Waals surface area contributed by atoms with Gasteiger partial charge in [0.05, 0.1) is 0 Å². The Hall–Kier alpha value is -3.55. The lowest BCUT2D eigenvalue weighted by Crippen LogP contribution is -2.12. The van der Waals surface area contributed by atoms with E-state index in [1.807, 2.05) is 13.8 Å². The maximum Gasteiger partial charge on any atom is 0.255 e. The second-order valence-electron chi connectivity index (χ2n) is 6.00. The van der Waals surface area contributed by atoms with E-state index >= 15 is 0 Å². The van der Waals surface area contributed by atoms with Crippen molar-refractivity contribution in [3.63, 3.8) is 0 Å². The molecule has 1 amide bonds. The summed E-state index contributed by atoms with van der Waals surface area (Å²) in [7, 11) is 0. The summed E-state index contributed by atoms with van der Waals surface area (Å²) >= 11 is 0. The molecule has 0 saturated heterocycles. The zero-order valence-corrected chi connectivity index (χ0v) is 15.4. The van der Waals surface area contributed by atoms with Gasteiger partial charge in [-0.15, -0.1) is 0 Å². The van der Waals surface area contributed by atoms with Gasteiger partial charge in [0.15, 0.2) is 11.6 Å². The number of benzene rings is 2. The van der Waals surface area contributed by atoms with Gasteiger partial charge in [-0.2, -0.15) is 0 Å². The monoisotopic (exact) mass is 383 g/mol.